The van der Waals surface area contributed by atoms with Crippen molar-refractivity contribution >= 4 is 23.4 Å². The Bertz CT molecular complexity index is 977. The van der Waals surface area contributed by atoms with Crippen LogP contribution in [0.15, 0.2) is 75.4 Å². The Hall–Kier alpha value is -3.81. The van der Waals surface area contributed by atoms with Crippen LogP contribution in [-0.4, -0.2) is 30.0 Å². The maximum absolute atomic E-state index is 5.93. The molecule has 8 nitrogen and oxygen atoms in total. The summed E-state index contributed by atoms with van der Waals surface area (Å²) in [5.74, 6) is 2.68. The molecular weight excluding hydrogens is 366 g/mol. The Labute approximate surface area is 169 Å². The fraction of sp³-hybridized carbons (Fsp3) is 0.190. The summed E-state index contributed by atoms with van der Waals surface area (Å²) in [5.41, 5.74) is 9.14. The second-order valence-electron chi connectivity index (χ2n) is 6.61. The number of hydrogen-bond donors (Lipinski definition) is 4. The molecule has 4 rings (SSSR count). The number of guanidine groups is 2. The highest BCUT2D eigenvalue weighted by Gasteiger charge is 2.06. The van der Waals surface area contributed by atoms with Crippen LogP contribution in [0.3, 0.4) is 0 Å². The van der Waals surface area contributed by atoms with Crippen molar-refractivity contribution in [3.05, 3.63) is 77.9 Å². The Morgan fingerprint density at radius 3 is 2.69 bits per heavy atom. The highest BCUT2D eigenvalue weighted by Crippen LogP contribution is 2.14. The minimum atomic E-state index is 0.350. The number of furan rings is 1. The first kappa shape index (κ1) is 18.5. The van der Waals surface area contributed by atoms with Crippen LogP contribution >= 0.6 is 0 Å². The molecule has 0 bridgehead atoms. The lowest BCUT2D eigenvalue weighted by Gasteiger charge is -2.08. The van der Waals surface area contributed by atoms with E-state index in [1.807, 2.05) is 36.5 Å². The van der Waals surface area contributed by atoms with Crippen molar-refractivity contribution in [3.8, 4) is 0 Å². The fourth-order valence-corrected chi connectivity index (χ4v) is 2.90. The maximum atomic E-state index is 5.93. The van der Waals surface area contributed by atoms with Crippen LogP contribution in [0.4, 0.5) is 11.5 Å². The first-order valence-corrected chi connectivity index (χ1v) is 9.43. The average molecular weight is 389 g/mol. The van der Waals surface area contributed by atoms with Gasteiger partial charge in [-0.2, -0.15) is 0 Å². The molecule has 0 aliphatic carbocycles. The van der Waals surface area contributed by atoms with Gasteiger partial charge in [0.05, 0.1) is 12.8 Å². The van der Waals surface area contributed by atoms with Crippen molar-refractivity contribution in [3.63, 3.8) is 0 Å². The Morgan fingerprint density at radius 1 is 1.14 bits per heavy atom. The number of nitrogens with zero attached hydrogens (tertiary/aromatic N) is 3. The van der Waals surface area contributed by atoms with E-state index >= 15 is 0 Å². The van der Waals surface area contributed by atoms with E-state index in [1.165, 1.54) is 5.56 Å². The number of aliphatic imine (C=N–C) groups is 2. The van der Waals surface area contributed by atoms with Crippen molar-refractivity contribution in [2.75, 3.05) is 23.7 Å². The Balaban J connectivity index is 1.30. The Morgan fingerprint density at radius 2 is 2.00 bits per heavy atom. The minimum Gasteiger partial charge on any atom is -0.467 e. The molecule has 0 saturated heterocycles. The molecule has 148 valence electrons. The van der Waals surface area contributed by atoms with Gasteiger partial charge in [-0.15, -0.1) is 0 Å². The summed E-state index contributed by atoms with van der Waals surface area (Å²) in [6, 6.07) is 15.8. The molecule has 2 aromatic heterocycles. The number of aromatic nitrogens is 1. The molecule has 0 radical (unpaired) electrons. The van der Waals surface area contributed by atoms with E-state index in [0.29, 0.717) is 12.5 Å². The van der Waals surface area contributed by atoms with E-state index in [0.717, 1.165) is 48.3 Å². The number of nitrogens with two attached hydrogens (primary N) is 1. The maximum Gasteiger partial charge on any atom is 0.197 e. The van der Waals surface area contributed by atoms with Gasteiger partial charge in [-0.25, -0.2) is 9.98 Å². The molecule has 0 atom stereocenters. The lowest BCUT2D eigenvalue weighted by molar-refractivity contribution is 0.513. The summed E-state index contributed by atoms with van der Waals surface area (Å²) < 4.78 is 5.24. The molecule has 0 saturated carbocycles. The van der Waals surface area contributed by atoms with Gasteiger partial charge in [-0.1, -0.05) is 18.2 Å². The highest BCUT2D eigenvalue weighted by atomic mass is 16.3. The molecular formula is C21H23N7O. The third-order valence-electron chi connectivity index (χ3n) is 4.37. The van der Waals surface area contributed by atoms with E-state index in [-0.39, 0.29) is 0 Å². The number of anilines is 2. The van der Waals surface area contributed by atoms with E-state index in [4.69, 9.17) is 10.2 Å². The quantitative estimate of drug-likeness (QED) is 0.381. The highest BCUT2D eigenvalue weighted by molar-refractivity contribution is 5.93. The van der Waals surface area contributed by atoms with Gasteiger partial charge in [0.1, 0.15) is 18.1 Å². The number of nitrogens with one attached hydrogen (secondary N) is 3. The molecule has 0 unspecified atom stereocenters. The van der Waals surface area contributed by atoms with Crippen molar-refractivity contribution in [2.24, 2.45) is 15.7 Å². The van der Waals surface area contributed by atoms with Crippen LogP contribution in [0.25, 0.3) is 0 Å². The SMILES string of the molecule is NC(=NCc1ccco1)Nc1ccc(Cc2ccc(NC3=NCCN3)nc2)cc1. The zero-order valence-electron chi connectivity index (χ0n) is 15.9. The third kappa shape index (κ3) is 5.35. The van der Waals surface area contributed by atoms with Crippen LogP contribution < -0.4 is 21.7 Å². The van der Waals surface area contributed by atoms with Crippen LogP contribution in [0.5, 0.6) is 0 Å². The topological polar surface area (TPSA) is 113 Å². The summed E-state index contributed by atoms with van der Waals surface area (Å²) >= 11 is 0. The zero-order chi connectivity index (χ0) is 19.9. The fourth-order valence-electron chi connectivity index (χ4n) is 2.90. The molecule has 0 fully saturated rings. The van der Waals surface area contributed by atoms with Gasteiger partial charge in [0.25, 0.3) is 0 Å². The number of benzene rings is 1. The van der Waals surface area contributed by atoms with Crippen molar-refractivity contribution < 1.29 is 4.42 Å². The molecule has 3 aromatic rings. The van der Waals surface area contributed by atoms with Gasteiger partial charge in [0.2, 0.25) is 0 Å². The first-order chi connectivity index (χ1) is 14.2. The number of rotatable bonds is 6. The first-order valence-electron chi connectivity index (χ1n) is 9.43. The van der Waals surface area contributed by atoms with Crippen LogP contribution in [-0.2, 0) is 13.0 Å². The van der Waals surface area contributed by atoms with Gasteiger partial charge in [0, 0.05) is 18.4 Å². The number of hydrogen-bond acceptors (Lipinski definition) is 6. The molecule has 1 aromatic carbocycles. The van der Waals surface area contributed by atoms with Gasteiger partial charge < -0.3 is 26.1 Å². The smallest absolute Gasteiger partial charge is 0.197 e. The third-order valence-corrected chi connectivity index (χ3v) is 4.37. The van der Waals surface area contributed by atoms with Crippen LogP contribution in [0.1, 0.15) is 16.9 Å². The van der Waals surface area contributed by atoms with Gasteiger partial charge in [0.15, 0.2) is 11.9 Å². The van der Waals surface area contributed by atoms with Crippen molar-refractivity contribution in [1.29, 1.82) is 0 Å². The van der Waals surface area contributed by atoms with Gasteiger partial charge >= 0.3 is 0 Å². The summed E-state index contributed by atoms with van der Waals surface area (Å²) in [6.45, 7) is 2.07. The number of pyridine rings is 1. The monoisotopic (exact) mass is 389 g/mol. The largest absolute Gasteiger partial charge is 0.467 e. The normalized spacial score (nSPS) is 13.7. The Kier molecular flexibility index (Phi) is 5.70. The van der Waals surface area contributed by atoms with E-state index in [2.05, 4.69) is 49.1 Å². The summed E-state index contributed by atoms with van der Waals surface area (Å²) in [5, 5.41) is 9.42. The lowest BCUT2D eigenvalue weighted by Crippen LogP contribution is -2.26. The van der Waals surface area contributed by atoms with Crippen molar-refractivity contribution in [1.82, 2.24) is 10.3 Å². The molecule has 29 heavy (non-hydrogen) atoms. The molecule has 1 aliphatic rings. The molecule has 3 heterocycles. The predicted molar refractivity (Wildman–Crippen MR) is 115 cm³/mol. The average Bonchev–Trinajstić information content (AvgIpc) is 3.44. The van der Waals surface area contributed by atoms with Crippen LogP contribution in [0, 0.1) is 0 Å². The van der Waals surface area contributed by atoms with E-state index < -0.39 is 0 Å². The molecule has 8 heteroatoms. The van der Waals surface area contributed by atoms with E-state index in [1.54, 1.807) is 6.26 Å². The molecule has 1 aliphatic heterocycles. The standard InChI is InChI=1S/C21H23N7O/c22-20(26-14-18-2-1-11-29-18)27-17-6-3-15(4-7-17)12-16-5-8-19(25-13-16)28-21-23-9-10-24-21/h1-8,11,13H,9-10,12,14H2,(H3,22,26,27)(H2,23,24,25,28). The molecule has 0 spiro atoms. The summed E-state index contributed by atoms with van der Waals surface area (Å²) in [4.78, 5) is 13.0. The van der Waals surface area contributed by atoms with Crippen molar-refractivity contribution in [2.45, 2.75) is 13.0 Å². The predicted octanol–water partition coefficient (Wildman–Crippen LogP) is 2.56. The zero-order valence-corrected chi connectivity index (χ0v) is 15.9. The molecule has 0 amide bonds. The van der Waals surface area contributed by atoms with E-state index in [9.17, 15) is 0 Å². The summed E-state index contributed by atoms with van der Waals surface area (Å²) in [6.07, 6.45) is 4.30. The minimum absolute atomic E-state index is 0.350. The lowest BCUT2D eigenvalue weighted by atomic mass is 10.1. The second kappa shape index (κ2) is 8.92. The second-order valence-corrected chi connectivity index (χ2v) is 6.61. The molecule has 5 N–H and O–H groups in total. The van der Waals surface area contributed by atoms with Gasteiger partial charge in [-0.3, -0.25) is 4.99 Å². The summed E-state index contributed by atoms with van der Waals surface area (Å²) in [7, 11) is 0. The van der Waals surface area contributed by atoms with Gasteiger partial charge in [-0.05, 0) is 47.9 Å². The van der Waals surface area contributed by atoms with Crippen LogP contribution in [0.2, 0.25) is 0 Å².